The van der Waals surface area contributed by atoms with Crippen LogP contribution in [0.2, 0.25) is 10.0 Å². The lowest BCUT2D eigenvalue weighted by Gasteiger charge is -2.23. The van der Waals surface area contributed by atoms with Gasteiger partial charge in [0.25, 0.3) is 5.69 Å². The summed E-state index contributed by atoms with van der Waals surface area (Å²) in [7, 11) is 0. The first kappa shape index (κ1) is 15.4. The zero-order valence-corrected chi connectivity index (χ0v) is 12.7. The SMILES string of the molecule is CCN1CCCC1CNc1cc(Cl)c(Cl)cc1[N+](=O)[O-]. The van der Waals surface area contributed by atoms with E-state index in [9.17, 15) is 10.1 Å². The molecule has 2 rings (SSSR count). The van der Waals surface area contributed by atoms with Crippen LogP contribution >= 0.6 is 23.2 Å². The van der Waals surface area contributed by atoms with Crippen LogP contribution in [0.4, 0.5) is 11.4 Å². The summed E-state index contributed by atoms with van der Waals surface area (Å²) in [5, 5.41) is 14.7. The smallest absolute Gasteiger partial charge is 0.293 e. The molecule has 5 nitrogen and oxygen atoms in total. The van der Waals surface area contributed by atoms with Crippen molar-refractivity contribution in [1.29, 1.82) is 0 Å². The highest BCUT2D eigenvalue weighted by molar-refractivity contribution is 6.42. The number of hydrogen-bond donors (Lipinski definition) is 1. The number of benzene rings is 1. The van der Waals surface area contributed by atoms with Crippen LogP contribution in [0.3, 0.4) is 0 Å². The van der Waals surface area contributed by atoms with Crippen molar-refractivity contribution in [2.24, 2.45) is 0 Å². The number of nitro groups is 1. The van der Waals surface area contributed by atoms with E-state index in [0.717, 1.165) is 19.5 Å². The van der Waals surface area contributed by atoms with Gasteiger partial charge in [-0.3, -0.25) is 15.0 Å². The van der Waals surface area contributed by atoms with Crippen molar-refractivity contribution in [1.82, 2.24) is 4.90 Å². The highest BCUT2D eigenvalue weighted by Crippen LogP contribution is 2.34. The number of likely N-dealkylation sites (tertiary alicyclic amines) is 1. The van der Waals surface area contributed by atoms with E-state index in [4.69, 9.17) is 23.2 Å². The molecular weight excluding hydrogens is 301 g/mol. The van der Waals surface area contributed by atoms with Gasteiger partial charge in [0.15, 0.2) is 0 Å². The van der Waals surface area contributed by atoms with Crippen molar-refractivity contribution in [3.8, 4) is 0 Å². The van der Waals surface area contributed by atoms with Crippen molar-refractivity contribution >= 4 is 34.6 Å². The van der Waals surface area contributed by atoms with Gasteiger partial charge >= 0.3 is 0 Å². The number of likely N-dealkylation sites (N-methyl/N-ethyl adjacent to an activating group) is 1. The predicted octanol–water partition coefficient (Wildman–Crippen LogP) is 3.80. The summed E-state index contributed by atoms with van der Waals surface area (Å²) in [6, 6.07) is 3.22. The third kappa shape index (κ3) is 3.34. The molecule has 1 aromatic carbocycles. The fourth-order valence-corrected chi connectivity index (χ4v) is 2.92. The minimum absolute atomic E-state index is 0.0413. The molecule has 1 aliphatic heterocycles. The molecule has 0 aliphatic carbocycles. The Balaban J connectivity index is 2.12. The van der Waals surface area contributed by atoms with E-state index < -0.39 is 4.92 Å². The molecule has 1 unspecified atom stereocenters. The van der Waals surface area contributed by atoms with E-state index in [1.165, 1.54) is 18.6 Å². The summed E-state index contributed by atoms with van der Waals surface area (Å²) in [4.78, 5) is 13.0. The molecule has 1 fully saturated rings. The van der Waals surface area contributed by atoms with E-state index in [1.54, 1.807) is 0 Å². The van der Waals surface area contributed by atoms with Gasteiger partial charge < -0.3 is 5.32 Å². The Kier molecular flexibility index (Phi) is 5.07. The Morgan fingerprint density at radius 2 is 2.15 bits per heavy atom. The van der Waals surface area contributed by atoms with Crippen LogP contribution in [-0.2, 0) is 0 Å². The Morgan fingerprint density at radius 1 is 1.45 bits per heavy atom. The van der Waals surface area contributed by atoms with Crippen LogP contribution < -0.4 is 5.32 Å². The molecule has 0 spiro atoms. The number of hydrogen-bond acceptors (Lipinski definition) is 4. The first-order chi connectivity index (χ1) is 9.52. The summed E-state index contributed by atoms with van der Waals surface area (Å²) in [5.41, 5.74) is 0.382. The number of nitrogens with zero attached hydrogens (tertiary/aromatic N) is 2. The molecule has 0 saturated carbocycles. The highest BCUT2D eigenvalue weighted by Gasteiger charge is 2.24. The largest absolute Gasteiger partial charge is 0.378 e. The first-order valence-corrected chi connectivity index (χ1v) is 7.40. The zero-order valence-electron chi connectivity index (χ0n) is 11.2. The standard InChI is InChI=1S/C13H17Cl2N3O2/c1-2-17-5-3-4-9(17)8-16-12-6-10(14)11(15)7-13(12)18(19)20/h6-7,9,16H,2-5,8H2,1H3. The van der Waals surface area contributed by atoms with Crippen LogP contribution in [0.15, 0.2) is 12.1 Å². The first-order valence-electron chi connectivity index (χ1n) is 6.64. The third-order valence-corrected chi connectivity index (χ3v) is 4.39. The van der Waals surface area contributed by atoms with E-state index in [-0.39, 0.29) is 10.7 Å². The lowest BCUT2D eigenvalue weighted by Crippen LogP contribution is -2.34. The average Bonchev–Trinajstić information content (AvgIpc) is 2.86. The van der Waals surface area contributed by atoms with Gasteiger partial charge in [-0.05, 0) is 32.0 Å². The maximum Gasteiger partial charge on any atom is 0.293 e. The fraction of sp³-hybridized carbons (Fsp3) is 0.538. The van der Waals surface area contributed by atoms with Crippen molar-refractivity contribution in [3.05, 3.63) is 32.3 Å². The molecule has 1 atom stereocenters. The van der Waals surface area contributed by atoms with E-state index in [2.05, 4.69) is 17.1 Å². The van der Waals surface area contributed by atoms with Gasteiger partial charge in [-0.15, -0.1) is 0 Å². The molecule has 1 aliphatic rings. The molecule has 1 N–H and O–H groups in total. The summed E-state index contributed by atoms with van der Waals surface area (Å²) < 4.78 is 0. The summed E-state index contributed by atoms with van der Waals surface area (Å²) in [6.07, 6.45) is 2.28. The zero-order chi connectivity index (χ0) is 14.7. The third-order valence-electron chi connectivity index (χ3n) is 3.67. The topological polar surface area (TPSA) is 58.4 Å². The average molecular weight is 318 g/mol. The normalized spacial score (nSPS) is 19.2. The van der Waals surface area contributed by atoms with Crippen molar-refractivity contribution < 1.29 is 4.92 Å². The number of rotatable bonds is 5. The second-order valence-corrected chi connectivity index (χ2v) is 5.66. The lowest BCUT2D eigenvalue weighted by molar-refractivity contribution is -0.383. The fourth-order valence-electron chi connectivity index (χ4n) is 2.60. The Morgan fingerprint density at radius 3 is 2.80 bits per heavy atom. The van der Waals surface area contributed by atoms with Gasteiger partial charge in [-0.25, -0.2) is 0 Å². The van der Waals surface area contributed by atoms with Gasteiger partial charge in [-0.1, -0.05) is 30.1 Å². The molecule has 7 heteroatoms. The van der Waals surface area contributed by atoms with Crippen LogP contribution in [0.1, 0.15) is 19.8 Å². The molecule has 1 aromatic rings. The summed E-state index contributed by atoms with van der Waals surface area (Å²) in [6.45, 7) is 4.88. The molecule has 0 radical (unpaired) electrons. The molecule has 0 amide bonds. The van der Waals surface area contributed by atoms with Gasteiger partial charge in [0.2, 0.25) is 0 Å². The van der Waals surface area contributed by atoms with Crippen LogP contribution in [-0.4, -0.2) is 35.5 Å². The van der Waals surface area contributed by atoms with Crippen molar-refractivity contribution in [3.63, 3.8) is 0 Å². The molecule has 1 heterocycles. The molecule has 110 valence electrons. The second-order valence-electron chi connectivity index (χ2n) is 4.85. The molecule has 20 heavy (non-hydrogen) atoms. The number of anilines is 1. The van der Waals surface area contributed by atoms with E-state index in [0.29, 0.717) is 23.3 Å². The quantitative estimate of drug-likeness (QED) is 0.663. The van der Waals surface area contributed by atoms with Gasteiger partial charge in [0.1, 0.15) is 5.69 Å². The van der Waals surface area contributed by atoms with Gasteiger partial charge in [0, 0.05) is 18.7 Å². The Labute approximate surface area is 128 Å². The van der Waals surface area contributed by atoms with E-state index >= 15 is 0 Å². The Hall–Kier alpha value is -1.04. The molecular formula is C13H17Cl2N3O2. The molecule has 0 aromatic heterocycles. The van der Waals surface area contributed by atoms with Crippen LogP contribution in [0.5, 0.6) is 0 Å². The lowest BCUT2D eigenvalue weighted by atomic mass is 10.2. The minimum Gasteiger partial charge on any atom is -0.378 e. The summed E-state index contributed by atoms with van der Waals surface area (Å²) >= 11 is 11.8. The monoisotopic (exact) mass is 317 g/mol. The summed E-state index contributed by atoms with van der Waals surface area (Å²) in [5.74, 6) is 0. The maximum absolute atomic E-state index is 11.1. The van der Waals surface area contributed by atoms with Crippen molar-refractivity contribution in [2.45, 2.75) is 25.8 Å². The highest BCUT2D eigenvalue weighted by atomic mass is 35.5. The minimum atomic E-state index is -0.448. The molecule has 1 saturated heterocycles. The van der Waals surface area contributed by atoms with Gasteiger partial charge in [0.05, 0.1) is 15.0 Å². The number of nitrogens with one attached hydrogen (secondary N) is 1. The van der Waals surface area contributed by atoms with Crippen LogP contribution in [0.25, 0.3) is 0 Å². The Bertz CT molecular complexity index is 511. The maximum atomic E-state index is 11.1. The second kappa shape index (κ2) is 6.61. The predicted molar refractivity (Wildman–Crippen MR) is 81.9 cm³/mol. The van der Waals surface area contributed by atoms with E-state index in [1.807, 2.05) is 0 Å². The number of halogens is 2. The van der Waals surface area contributed by atoms with Gasteiger partial charge in [-0.2, -0.15) is 0 Å². The van der Waals surface area contributed by atoms with Crippen molar-refractivity contribution in [2.75, 3.05) is 25.0 Å². The number of nitro benzene ring substituents is 1. The van der Waals surface area contributed by atoms with Crippen LogP contribution in [0, 0.1) is 10.1 Å². The molecule has 0 bridgehead atoms.